The average molecular weight is 323 g/mol. The van der Waals surface area contributed by atoms with E-state index in [-0.39, 0.29) is 0 Å². The highest BCUT2D eigenvalue weighted by Gasteiger charge is 2.42. The Morgan fingerprint density at radius 1 is 1.12 bits per heavy atom. The van der Waals surface area contributed by atoms with Crippen LogP contribution in [0.2, 0.25) is 0 Å². The van der Waals surface area contributed by atoms with Crippen molar-refractivity contribution in [2.45, 2.75) is 19.4 Å². The highest BCUT2D eigenvalue weighted by Crippen LogP contribution is 2.29. The molecule has 0 atom stereocenters. The Labute approximate surface area is 141 Å². The van der Waals surface area contributed by atoms with Crippen LogP contribution in [-0.4, -0.2) is 18.8 Å². The molecular formula is C18H18BNO4. The number of carbonyl (C=O) groups is 1. The van der Waals surface area contributed by atoms with Gasteiger partial charge in [-0.1, -0.05) is 36.9 Å². The van der Waals surface area contributed by atoms with Crippen LogP contribution in [0.15, 0.2) is 66.9 Å². The Kier molecular flexibility index (Phi) is 4.31. The molecule has 24 heavy (non-hydrogen) atoms. The van der Waals surface area contributed by atoms with E-state index >= 15 is 0 Å². The average Bonchev–Trinajstić information content (AvgIpc) is 2.82. The first-order chi connectivity index (χ1) is 11.4. The van der Waals surface area contributed by atoms with E-state index in [0.29, 0.717) is 17.2 Å². The van der Waals surface area contributed by atoms with E-state index in [1.54, 1.807) is 36.4 Å². The van der Waals surface area contributed by atoms with Crippen LogP contribution < -0.4 is 15.5 Å². The Balaban J connectivity index is 1.61. The third-order valence-electron chi connectivity index (χ3n) is 3.71. The van der Waals surface area contributed by atoms with Crippen molar-refractivity contribution in [3.05, 3.63) is 66.9 Å². The molecule has 2 aromatic carbocycles. The molecule has 1 fully saturated rings. The van der Waals surface area contributed by atoms with Gasteiger partial charge in [0.1, 0.15) is 11.4 Å². The van der Waals surface area contributed by atoms with Crippen molar-refractivity contribution >= 4 is 24.4 Å². The highest BCUT2D eigenvalue weighted by molar-refractivity contribution is 6.62. The predicted molar refractivity (Wildman–Crippen MR) is 93.3 cm³/mol. The van der Waals surface area contributed by atoms with E-state index in [1.165, 1.54) is 0 Å². The normalized spacial score (nSPS) is 15.8. The fourth-order valence-electron chi connectivity index (χ4n) is 2.23. The third-order valence-corrected chi connectivity index (χ3v) is 3.71. The number of hydrogen-bond acceptors (Lipinski definition) is 4. The van der Waals surface area contributed by atoms with Crippen molar-refractivity contribution in [2.24, 2.45) is 0 Å². The maximum atomic E-state index is 11.9. The topological polar surface area (TPSA) is 56.8 Å². The summed E-state index contributed by atoms with van der Waals surface area (Å²) in [5.41, 5.74) is 0.959. The number of ether oxygens (including phenoxy) is 1. The molecule has 1 heterocycles. The Morgan fingerprint density at radius 2 is 1.79 bits per heavy atom. The van der Waals surface area contributed by atoms with Crippen LogP contribution >= 0.6 is 0 Å². The molecule has 3 rings (SSSR count). The van der Waals surface area contributed by atoms with Crippen molar-refractivity contribution in [3.63, 3.8) is 0 Å². The molecule has 0 aliphatic carbocycles. The minimum atomic E-state index is -0.545. The minimum Gasteiger partial charge on any atom is -0.534 e. The van der Waals surface area contributed by atoms with Crippen molar-refractivity contribution < 1.29 is 18.8 Å². The summed E-state index contributed by atoms with van der Waals surface area (Å²) < 4.78 is 16.6. The van der Waals surface area contributed by atoms with E-state index < -0.39 is 18.8 Å². The molecular weight excluding hydrogens is 305 g/mol. The number of rotatable bonds is 3. The first-order valence-electron chi connectivity index (χ1n) is 7.62. The molecule has 0 saturated carbocycles. The van der Waals surface area contributed by atoms with Gasteiger partial charge in [-0.25, -0.2) is 4.79 Å². The van der Waals surface area contributed by atoms with Crippen LogP contribution in [0, 0.1) is 0 Å². The summed E-state index contributed by atoms with van der Waals surface area (Å²) in [4.78, 5) is 11.9. The largest absolute Gasteiger partial charge is 0.563 e. The molecule has 1 amide bonds. The van der Waals surface area contributed by atoms with E-state index in [9.17, 15) is 4.79 Å². The smallest absolute Gasteiger partial charge is 0.534 e. The zero-order valence-corrected chi connectivity index (χ0v) is 13.6. The van der Waals surface area contributed by atoms with Crippen LogP contribution in [0.3, 0.4) is 0 Å². The van der Waals surface area contributed by atoms with Crippen LogP contribution in [0.25, 0.3) is 0 Å². The second-order valence-corrected chi connectivity index (χ2v) is 5.95. The van der Waals surface area contributed by atoms with Crippen molar-refractivity contribution in [1.29, 1.82) is 0 Å². The van der Waals surface area contributed by atoms with Crippen LogP contribution in [0.4, 0.5) is 10.5 Å². The number of anilines is 1. The zero-order chi connectivity index (χ0) is 17.2. The van der Waals surface area contributed by atoms with Gasteiger partial charge < -0.3 is 14.0 Å². The molecule has 1 aliphatic heterocycles. The second-order valence-electron chi connectivity index (χ2n) is 5.95. The van der Waals surface area contributed by atoms with Gasteiger partial charge in [-0.05, 0) is 43.6 Å². The molecule has 0 aromatic heterocycles. The number of amides is 1. The number of nitrogens with one attached hydrogen (secondary N) is 1. The Hall–Kier alpha value is -2.73. The van der Waals surface area contributed by atoms with Crippen molar-refractivity contribution in [1.82, 2.24) is 0 Å². The van der Waals surface area contributed by atoms with Gasteiger partial charge >= 0.3 is 13.2 Å². The molecule has 1 N–H and O–H groups in total. The molecule has 0 spiro atoms. The van der Waals surface area contributed by atoms with Crippen LogP contribution in [0.1, 0.15) is 13.8 Å². The summed E-state index contributed by atoms with van der Waals surface area (Å²) in [6.07, 6.45) is -0.545. The van der Waals surface area contributed by atoms with Gasteiger partial charge in [0, 0.05) is 5.69 Å². The summed E-state index contributed by atoms with van der Waals surface area (Å²) in [6, 6.07) is 16.1. The van der Waals surface area contributed by atoms with Gasteiger partial charge in [0.25, 0.3) is 0 Å². The number of carbonyl (C=O) groups excluding carboxylic acids is 1. The van der Waals surface area contributed by atoms with Gasteiger partial charge in [-0.2, -0.15) is 0 Å². The summed E-state index contributed by atoms with van der Waals surface area (Å²) in [5.74, 6) is 1.08. The molecule has 1 aliphatic rings. The van der Waals surface area contributed by atoms with Gasteiger partial charge in [0.2, 0.25) is 0 Å². The molecule has 0 radical (unpaired) electrons. The van der Waals surface area contributed by atoms with E-state index in [0.717, 1.165) is 5.46 Å². The monoisotopic (exact) mass is 323 g/mol. The molecule has 5 nitrogen and oxygen atoms in total. The zero-order valence-electron chi connectivity index (χ0n) is 13.6. The lowest BCUT2D eigenvalue weighted by molar-refractivity contribution is 0.173. The second kappa shape index (κ2) is 6.41. The number of hydrogen-bond donors (Lipinski definition) is 1. The van der Waals surface area contributed by atoms with Gasteiger partial charge in [-0.15, -0.1) is 0 Å². The summed E-state index contributed by atoms with van der Waals surface area (Å²) in [5, 5.41) is 2.67. The third kappa shape index (κ3) is 3.60. The Bertz CT molecular complexity index is 743. The fourth-order valence-corrected chi connectivity index (χ4v) is 2.23. The SMILES string of the molecule is C=C1OB(c2ccc(NC(=O)Oc3ccccc3)cc2)OC1(C)C. The lowest BCUT2D eigenvalue weighted by Gasteiger charge is -2.15. The summed E-state index contributed by atoms with van der Waals surface area (Å²) in [6.45, 7) is 7.67. The summed E-state index contributed by atoms with van der Waals surface area (Å²) in [7, 11) is -0.488. The minimum absolute atomic E-state index is 0.486. The first-order valence-corrected chi connectivity index (χ1v) is 7.62. The lowest BCUT2D eigenvalue weighted by Crippen LogP contribution is -2.34. The van der Waals surface area contributed by atoms with Crippen LogP contribution in [-0.2, 0) is 9.31 Å². The van der Waals surface area contributed by atoms with E-state index in [1.807, 2.05) is 32.0 Å². The maximum absolute atomic E-state index is 11.9. The Morgan fingerprint density at radius 3 is 2.38 bits per heavy atom. The van der Waals surface area contributed by atoms with E-state index in [4.69, 9.17) is 14.0 Å². The molecule has 6 heteroatoms. The number of benzene rings is 2. The van der Waals surface area contributed by atoms with Crippen molar-refractivity contribution in [2.75, 3.05) is 5.32 Å². The maximum Gasteiger partial charge on any atom is 0.563 e. The van der Waals surface area contributed by atoms with Gasteiger partial charge in [0.15, 0.2) is 0 Å². The van der Waals surface area contributed by atoms with Crippen LogP contribution in [0.5, 0.6) is 5.75 Å². The van der Waals surface area contributed by atoms with Gasteiger partial charge in [0.05, 0.1) is 5.76 Å². The molecule has 122 valence electrons. The summed E-state index contributed by atoms with van der Waals surface area (Å²) >= 11 is 0. The van der Waals surface area contributed by atoms with E-state index in [2.05, 4.69) is 11.9 Å². The quantitative estimate of drug-likeness (QED) is 0.880. The molecule has 0 bridgehead atoms. The number of para-hydroxylation sites is 1. The van der Waals surface area contributed by atoms with Crippen molar-refractivity contribution in [3.8, 4) is 5.75 Å². The molecule has 0 unspecified atom stereocenters. The fraction of sp³-hybridized carbons (Fsp3) is 0.167. The predicted octanol–water partition coefficient (Wildman–Crippen LogP) is 3.33. The van der Waals surface area contributed by atoms with Gasteiger partial charge in [-0.3, -0.25) is 5.32 Å². The molecule has 2 aromatic rings. The highest BCUT2D eigenvalue weighted by atomic mass is 16.7. The standard InChI is InChI=1S/C18H18BNO4/c1-13-18(2,3)24-19(23-13)14-9-11-15(12-10-14)20-17(21)22-16-7-5-4-6-8-16/h4-12H,1H2,2-3H3,(H,20,21). The first kappa shape index (κ1) is 16.1. The lowest BCUT2D eigenvalue weighted by atomic mass is 9.79. The molecule has 1 saturated heterocycles.